The van der Waals surface area contributed by atoms with Crippen LogP contribution in [0, 0.1) is 0 Å². The number of aliphatic hydroxyl groups is 1. The molecule has 0 fully saturated rings. The number of allylic oxidation sites excluding steroid dienone is 1. The lowest BCUT2D eigenvalue weighted by molar-refractivity contribution is -0.138. The van der Waals surface area contributed by atoms with E-state index in [1.807, 2.05) is 6.07 Å². The summed E-state index contributed by atoms with van der Waals surface area (Å²) >= 11 is 0. The minimum absolute atomic E-state index is 0.311. The fourth-order valence-electron chi connectivity index (χ4n) is 1.85. The summed E-state index contributed by atoms with van der Waals surface area (Å²) in [6.07, 6.45) is 5.81. The third-order valence-corrected chi connectivity index (χ3v) is 2.77. The van der Waals surface area contributed by atoms with E-state index in [0.29, 0.717) is 23.6 Å². The van der Waals surface area contributed by atoms with Crippen LogP contribution in [0.3, 0.4) is 0 Å². The Bertz CT molecular complexity index is 603. The molecule has 0 saturated heterocycles. The van der Waals surface area contributed by atoms with Crippen LogP contribution in [0.15, 0.2) is 60.1 Å². The van der Waals surface area contributed by atoms with Gasteiger partial charge in [0, 0.05) is 17.6 Å². The fraction of sp³-hybridized carbons (Fsp3) is 0.133. The maximum Gasteiger partial charge on any atom is 0.339 e. The molecule has 0 amide bonds. The number of benzene rings is 1. The predicted octanol–water partition coefficient (Wildman–Crippen LogP) is 2.49. The summed E-state index contributed by atoms with van der Waals surface area (Å²) < 4.78 is 4.97. The number of hydrogen-bond donors (Lipinski definition) is 2. The number of hydrogen-bond acceptors (Lipinski definition) is 5. The van der Waals surface area contributed by atoms with Gasteiger partial charge in [-0.15, -0.1) is 0 Å². The Balaban J connectivity index is 2.37. The third-order valence-electron chi connectivity index (χ3n) is 2.77. The lowest BCUT2D eigenvalue weighted by atomic mass is 10.1. The van der Waals surface area contributed by atoms with Gasteiger partial charge in [0.25, 0.3) is 0 Å². The molecule has 2 rings (SSSR count). The number of carbonyl (C=O) groups is 1. The molecule has 5 heteroatoms. The van der Waals surface area contributed by atoms with Gasteiger partial charge < -0.3 is 20.5 Å². The van der Waals surface area contributed by atoms with E-state index < -0.39 is 5.97 Å². The van der Waals surface area contributed by atoms with Gasteiger partial charge in [-0.3, -0.25) is 0 Å². The molecule has 0 bridgehead atoms. The van der Waals surface area contributed by atoms with E-state index in [4.69, 9.17) is 10.5 Å². The van der Waals surface area contributed by atoms with Crippen molar-refractivity contribution in [1.82, 2.24) is 0 Å². The van der Waals surface area contributed by atoms with Crippen molar-refractivity contribution < 1.29 is 14.6 Å². The van der Waals surface area contributed by atoms with Gasteiger partial charge in [0.1, 0.15) is 6.26 Å². The van der Waals surface area contributed by atoms with E-state index in [2.05, 4.69) is 0 Å². The van der Waals surface area contributed by atoms with E-state index in [1.54, 1.807) is 48.4 Å². The molecule has 1 aromatic carbocycles. The zero-order chi connectivity index (χ0) is 14.5. The highest BCUT2D eigenvalue weighted by Gasteiger charge is 2.18. The lowest BCUT2D eigenvalue weighted by Crippen LogP contribution is -2.21. The number of rotatable bonds is 3. The van der Waals surface area contributed by atoms with Crippen LogP contribution in [-0.2, 0) is 9.53 Å². The van der Waals surface area contributed by atoms with Gasteiger partial charge in [0.15, 0.2) is 0 Å². The minimum Gasteiger partial charge on any atom is -0.513 e. The highest BCUT2D eigenvalue weighted by Crippen LogP contribution is 2.26. The highest BCUT2D eigenvalue weighted by atomic mass is 16.5. The Morgan fingerprint density at radius 2 is 2.25 bits per heavy atom. The molecule has 0 aliphatic carbocycles. The van der Waals surface area contributed by atoms with Crippen LogP contribution in [0.1, 0.15) is 6.92 Å². The maximum absolute atomic E-state index is 11.8. The SMILES string of the molecule is CCOC(=O)C1=CN(c2cccc(N)c2)C(=CO)C=C1. The fourth-order valence-corrected chi connectivity index (χ4v) is 1.85. The first-order valence-corrected chi connectivity index (χ1v) is 6.22. The van der Waals surface area contributed by atoms with Crippen LogP contribution in [0.2, 0.25) is 0 Å². The minimum atomic E-state index is -0.408. The van der Waals surface area contributed by atoms with Crippen molar-refractivity contribution in [2.75, 3.05) is 17.2 Å². The molecule has 1 aliphatic rings. The summed E-state index contributed by atoms with van der Waals surface area (Å²) in [6, 6.07) is 7.15. The highest BCUT2D eigenvalue weighted by molar-refractivity contribution is 5.93. The van der Waals surface area contributed by atoms with Gasteiger partial charge in [-0.2, -0.15) is 0 Å². The summed E-state index contributed by atoms with van der Waals surface area (Å²) in [5.41, 5.74) is 8.03. The van der Waals surface area contributed by atoms with Crippen LogP contribution in [0.5, 0.6) is 0 Å². The predicted molar refractivity (Wildman–Crippen MR) is 77.9 cm³/mol. The monoisotopic (exact) mass is 272 g/mol. The smallest absolute Gasteiger partial charge is 0.339 e. The van der Waals surface area contributed by atoms with Gasteiger partial charge in [-0.1, -0.05) is 6.07 Å². The van der Waals surface area contributed by atoms with Gasteiger partial charge >= 0.3 is 5.97 Å². The molecular formula is C15H16N2O3. The second-order valence-electron chi connectivity index (χ2n) is 4.16. The molecule has 3 N–H and O–H groups in total. The summed E-state index contributed by atoms with van der Waals surface area (Å²) in [6.45, 7) is 2.06. The van der Waals surface area contributed by atoms with Crippen molar-refractivity contribution in [3.8, 4) is 0 Å². The molecular weight excluding hydrogens is 256 g/mol. The molecule has 0 atom stereocenters. The van der Waals surface area contributed by atoms with Crippen LogP contribution in [0.25, 0.3) is 0 Å². The van der Waals surface area contributed by atoms with Gasteiger partial charge in [0.05, 0.1) is 17.9 Å². The topological polar surface area (TPSA) is 75.8 Å². The van der Waals surface area contributed by atoms with Crippen molar-refractivity contribution in [2.24, 2.45) is 0 Å². The maximum atomic E-state index is 11.8. The summed E-state index contributed by atoms with van der Waals surface area (Å²) in [5.74, 6) is -0.408. The van der Waals surface area contributed by atoms with Crippen molar-refractivity contribution in [3.63, 3.8) is 0 Å². The van der Waals surface area contributed by atoms with E-state index in [-0.39, 0.29) is 0 Å². The average Bonchev–Trinajstić information content (AvgIpc) is 2.47. The molecule has 0 unspecified atom stereocenters. The zero-order valence-electron chi connectivity index (χ0n) is 11.1. The molecule has 0 radical (unpaired) electrons. The van der Waals surface area contributed by atoms with E-state index in [0.717, 1.165) is 11.9 Å². The molecule has 104 valence electrons. The Hall–Kier alpha value is -2.69. The molecule has 0 saturated carbocycles. The van der Waals surface area contributed by atoms with Crippen LogP contribution in [0.4, 0.5) is 11.4 Å². The Morgan fingerprint density at radius 3 is 2.90 bits per heavy atom. The Labute approximate surface area is 117 Å². The van der Waals surface area contributed by atoms with Crippen molar-refractivity contribution in [2.45, 2.75) is 6.92 Å². The normalized spacial score (nSPS) is 16.1. The number of esters is 1. The van der Waals surface area contributed by atoms with Crippen LogP contribution < -0.4 is 10.6 Å². The number of anilines is 2. The largest absolute Gasteiger partial charge is 0.513 e. The number of nitrogens with zero attached hydrogens (tertiary/aromatic N) is 1. The molecule has 1 aliphatic heterocycles. The first kappa shape index (κ1) is 13.7. The zero-order valence-corrected chi connectivity index (χ0v) is 11.1. The second-order valence-corrected chi connectivity index (χ2v) is 4.16. The van der Waals surface area contributed by atoms with E-state index in [9.17, 15) is 9.90 Å². The number of carbonyl (C=O) groups excluding carboxylic acids is 1. The van der Waals surface area contributed by atoms with Gasteiger partial charge in [-0.25, -0.2) is 4.79 Å². The molecule has 1 heterocycles. The number of ether oxygens (including phenoxy) is 1. The van der Waals surface area contributed by atoms with Crippen molar-refractivity contribution >= 4 is 17.3 Å². The third kappa shape index (κ3) is 2.83. The number of nitrogens with two attached hydrogens (primary N) is 1. The quantitative estimate of drug-likeness (QED) is 0.502. The number of nitrogen functional groups attached to an aromatic ring is 1. The van der Waals surface area contributed by atoms with Crippen molar-refractivity contribution in [3.05, 3.63) is 60.1 Å². The standard InChI is InChI=1S/C15H16N2O3/c1-2-20-15(19)11-6-7-14(10-18)17(9-11)13-5-3-4-12(16)8-13/h3-10,18H,2,16H2,1H3. The van der Waals surface area contributed by atoms with Gasteiger partial charge in [0.2, 0.25) is 0 Å². The summed E-state index contributed by atoms with van der Waals surface area (Å²) in [5, 5.41) is 9.29. The Kier molecular flexibility index (Phi) is 4.10. The molecule has 5 nitrogen and oxygen atoms in total. The lowest BCUT2D eigenvalue weighted by Gasteiger charge is -2.25. The molecule has 0 aromatic heterocycles. The first-order chi connectivity index (χ1) is 9.65. The molecule has 0 spiro atoms. The van der Waals surface area contributed by atoms with E-state index in [1.165, 1.54) is 0 Å². The van der Waals surface area contributed by atoms with Crippen LogP contribution >= 0.6 is 0 Å². The molecule has 1 aromatic rings. The molecule has 20 heavy (non-hydrogen) atoms. The van der Waals surface area contributed by atoms with E-state index >= 15 is 0 Å². The summed E-state index contributed by atoms with van der Waals surface area (Å²) in [7, 11) is 0. The average molecular weight is 272 g/mol. The first-order valence-electron chi connectivity index (χ1n) is 6.22. The van der Waals surface area contributed by atoms with Crippen molar-refractivity contribution in [1.29, 1.82) is 0 Å². The van der Waals surface area contributed by atoms with Crippen LogP contribution in [-0.4, -0.2) is 17.7 Å². The number of aliphatic hydroxyl groups excluding tert-OH is 1. The Morgan fingerprint density at radius 1 is 1.45 bits per heavy atom. The second kappa shape index (κ2) is 5.97. The van der Waals surface area contributed by atoms with Gasteiger partial charge in [-0.05, 0) is 37.3 Å². The summed E-state index contributed by atoms with van der Waals surface area (Å²) in [4.78, 5) is 13.4.